The number of rotatable bonds is 0. The van der Waals surface area contributed by atoms with Gasteiger partial charge in [-0.3, -0.25) is 0 Å². The molecule has 5 aromatic carbocycles. The first-order valence-corrected chi connectivity index (χ1v) is 26.2. The smallest absolute Gasteiger partial charge is 0.0995 e. The van der Waals surface area contributed by atoms with E-state index in [9.17, 15) is 10.5 Å². The van der Waals surface area contributed by atoms with E-state index in [1.54, 1.807) is 0 Å². The highest BCUT2D eigenvalue weighted by Crippen LogP contribution is 2.73. The zero-order valence-corrected chi connectivity index (χ0v) is 43.5. The van der Waals surface area contributed by atoms with Gasteiger partial charge < -0.3 is 8.80 Å². The molecular weight excluding hydrogens is 825 g/mol. The monoisotopic (exact) mass is 891 g/mol. The van der Waals surface area contributed by atoms with Gasteiger partial charge in [-0.25, -0.2) is 0 Å². The maximum atomic E-state index is 11.2. The molecule has 0 saturated heterocycles. The third-order valence-corrected chi connectivity index (χ3v) is 22.7. The molecule has 4 atom stereocenters. The van der Waals surface area contributed by atoms with E-state index in [2.05, 4.69) is 156 Å². The van der Waals surface area contributed by atoms with E-state index in [0.717, 1.165) is 36.8 Å². The Hall–Kier alpha value is -5.32. The highest BCUT2D eigenvalue weighted by atomic mass is 15.0. The molecule has 0 spiro atoms. The summed E-state index contributed by atoms with van der Waals surface area (Å²) in [6, 6.07) is 15.6. The maximum absolute atomic E-state index is 11.2. The average molecular weight is 891 g/mol. The number of nitrogens with zero attached hydrogens (tertiary/aromatic N) is 4. The summed E-state index contributed by atoms with van der Waals surface area (Å²) in [7, 11) is 0. The van der Waals surface area contributed by atoms with Gasteiger partial charge in [-0.15, -0.1) is 0 Å². The molecule has 6 aliphatic carbocycles. The lowest BCUT2D eigenvalue weighted by Crippen LogP contribution is -2.31. The maximum Gasteiger partial charge on any atom is 0.0995 e. The fraction of sp³-hybridized carbons (Fsp3) is 0.500. The van der Waals surface area contributed by atoms with E-state index in [0.29, 0.717) is 11.8 Å². The highest BCUT2D eigenvalue weighted by molar-refractivity contribution is 6.33. The van der Waals surface area contributed by atoms with E-state index in [4.69, 9.17) is 0 Å². The van der Waals surface area contributed by atoms with Gasteiger partial charge in [0.25, 0.3) is 0 Å². The fourth-order valence-electron chi connectivity index (χ4n) is 19.8. The molecule has 0 amide bonds. The molecule has 0 N–H and O–H groups in total. The van der Waals surface area contributed by atoms with Gasteiger partial charge in [0.15, 0.2) is 0 Å². The van der Waals surface area contributed by atoms with Crippen molar-refractivity contribution in [2.75, 3.05) is 0 Å². The molecule has 4 unspecified atom stereocenters. The first-order chi connectivity index (χ1) is 31.7. The van der Waals surface area contributed by atoms with E-state index in [-0.39, 0.29) is 43.3 Å². The Bertz CT molecular complexity index is 3850. The third-order valence-electron chi connectivity index (χ3n) is 22.7. The van der Waals surface area contributed by atoms with E-state index < -0.39 is 0 Å². The molecule has 4 nitrogen and oxygen atoms in total. The largest absolute Gasteiger partial charge is 0.308 e. The number of aromatic nitrogens is 2. The SMILES string of the molecule is Cc1c2c3cc4c(c5c6c7c(c(C#N)cc6n(c2c(C)c2c6cc8c(c9c%10c%11c(c(C#N)cc%10n(c12)c69)C1(C)CCC%11C1(C)C)C(C)(C)CC8(C)C)c35)C1(C)CCC7C1(C)C)C(C)(C)CC4(C)C. The molecule has 15 rings (SSSR count). The van der Waals surface area contributed by atoms with Crippen LogP contribution in [0.5, 0.6) is 0 Å². The van der Waals surface area contributed by atoms with Crippen molar-refractivity contribution in [3.8, 4) is 12.1 Å². The van der Waals surface area contributed by atoms with Crippen LogP contribution < -0.4 is 0 Å². The molecule has 2 saturated carbocycles. The zero-order valence-electron chi connectivity index (χ0n) is 43.5. The van der Waals surface area contributed by atoms with Crippen molar-refractivity contribution in [2.24, 2.45) is 10.8 Å². The summed E-state index contributed by atoms with van der Waals surface area (Å²) >= 11 is 0. The van der Waals surface area contributed by atoms with Crippen LogP contribution in [0.4, 0.5) is 0 Å². The van der Waals surface area contributed by atoms with Crippen molar-refractivity contribution in [3.63, 3.8) is 0 Å². The summed E-state index contributed by atoms with van der Waals surface area (Å²) in [6.45, 7) is 39.7. The number of hydrogen-bond acceptors (Lipinski definition) is 2. The topological polar surface area (TPSA) is 56.4 Å². The van der Waals surface area contributed by atoms with Crippen LogP contribution in [0.2, 0.25) is 0 Å². The quantitative estimate of drug-likeness (QED) is 0.152. The lowest BCUT2D eigenvalue weighted by atomic mass is 9.68. The summed E-state index contributed by atoms with van der Waals surface area (Å²) in [6.07, 6.45) is 6.83. The van der Waals surface area contributed by atoms with Crippen LogP contribution in [-0.2, 0) is 32.5 Å². The van der Waals surface area contributed by atoms with Crippen molar-refractivity contribution in [2.45, 2.75) is 194 Å². The van der Waals surface area contributed by atoms with Crippen LogP contribution in [0.1, 0.15) is 214 Å². The van der Waals surface area contributed by atoms with Crippen LogP contribution in [0.3, 0.4) is 0 Å². The van der Waals surface area contributed by atoms with Gasteiger partial charge in [0.05, 0.1) is 56.4 Å². The molecule has 6 aliphatic rings. The van der Waals surface area contributed by atoms with Crippen molar-refractivity contribution in [1.29, 1.82) is 10.5 Å². The molecule has 0 radical (unpaired) electrons. The van der Waals surface area contributed by atoms with Gasteiger partial charge in [-0.1, -0.05) is 96.9 Å². The predicted octanol–water partition coefficient (Wildman–Crippen LogP) is 16.6. The first kappa shape index (κ1) is 40.6. The second-order valence-electron chi connectivity index (χ2n) is 28.1. The Morgan fingerprint density at radius 2 is 0.824 bits per heavy atom. The minimum absolute atomic E-state index is 0.00251. The number of aryl methyl sites for hydroxylation is 2. The number of benzene rings is 5. The Morgan fingerprint density at radius 1 is 0.456 bits per heavy atom. The van der Waals surface area contributed by atoms with Crippen molar-refractivity contribution in [1.82, 2.24) is 8.80 Å². The highest BCUT2D eigenvalue weighted by Gasteiger charge is 2.63. The molecule has 342 valence electrons. The second kappa shape index (κ2) is 10.8. The molecule has 9 aromatic rings. The standard InChI is InChI=1S/C64H66N4/c1-29-41-33-23-37-51(59(7,8)27-57(37,3)4)47-46-40(22-32(26-66)50-44(46)36-18-20-64(50,16)62(36,13)14)68(55(33)47)54(41)30(2)42-34-24-38-52(60(9,10)28-58(38,5)6)48-45-39(67(53(29)42)56(34)48)21-31(25-65)49-43(45)35-17-19-63(49,15)61(35,11)12/h21-24,35-36H,17-20,27-28H2,1-16H3. The minimum atomic E-state index is -0.0400. The lowest BCUT2D eigenvalue weighted by molar-refractivity contribution is 0.231. The van der Waals surface area contributed by atoms with Gasteiger partial charge in [-0.05, 0) is 187 Å². The second-order valence-corrected chi connectivity index (χ2v) is 28.1. The van der Waals surface area contributed by atoms with E-state index in [1.165, 1.54) is 145 Å². The normalized spacial score (nSPS) is 28.1. The van der Waals surface area contributed by atoms with E-state index >= 15 is 0 Å². The summed E-state index contributed by atoms with van der Waals surface area (Å²) in [5.74, 6) is 0.816. The van der Waals surface area contributed by atoms with Gasteiger partial charge in [-0.2, -0.15) is 10.5 Å². The number of nitriles is 2. The fourth-order valence-corrected chi connectivity index (χ4v) is 19.8. The third kappa shape index (κ3) is 3.73. The van der Waals surface area contributed by atoms with Crippen molar-refractivity contribution < 1.29 is 0 Å². The van der Waals surface area contributed by atoms with Crippen LogP contribution in [-0.4, -0.2) is 8.80 Å². The molecule has 0 aliphatic heterocycles. The molecule has 4 heterocycles. The van der Waals surface area contributed by atoms with Crippen LogP contribution in [0.15, 0.2) is 24.3 Å². The van der Waals surface area contributed by atoms with Gasteiger partial charge in [0.2, 0.25) is 0 Å². The molecule has 4 aromatic heterocycles. The first-order valence-electron chi connectivity index (χ1n) is 26.2. The van der Waals surface area contributed by atoms with Crippen LogP contribution in [0, 0.1) is 47.3 Å². The molecule has 68 heavy (non-hydrogen) atoms. The molecule has 4 heteroatoms. The van der Waals surface area contributed by atoms with Gasteiger partial charge in [0, 0.05) is 43.1 Å². The Kier molecular flexibility index (Phi) is 6.47. The van der Waals surface area contributed by atoms with Gasteiger partial charge in [0.1, 0.15) is 0 Å². The van der Waals surface area contributed by atoms with Gasteiger partial charge >= 0.3 is 0 Å². The average Bonchev–Trinajstić information content (AvgIpc) is 4.13. The predicted molar refractivity (Wildman–Crippen MR) is 282 cm³/mol. The van der Waals surface area contributed by atoms with Crippen LogP contribution >= 0.6 is 0 Å². The van der Waals surface area contributed by atoms with Crippen molar-refractivity contribution >= 4 is 76.2 Å². The molecule has 4 bridgehead atoms. The minimum Gasteiger partial charge on any atom is -0.308 e. The summed E-state index contributed by atoms with van der Waals surface area (Å²) in [4.78, 5) is 0. The molecule has 2 fully saturated rings. The van der Waals surface area contributed by atoms with E-state index in [1.807, 2.05) is 0 Å². The molecular formula is C64H66N4. The Balaban J connectivity index is 1.22. The Labute approximate surface area is 401 Å². The summed E-state index contributed by atoms with van der Waals surface area (Å²) < 4.78 is 5.37. The number of fused-ring (bicyclic) bond motifs is 28. The lowest BCUT2D eigenvalue weighted by Gasteiger charge is -2.35. The number of hydrogen-bond donors (Lipinski definition) is 0. The summed E-state index contributed by atoms with van der Waals surface area (Å²) in [5.41, 5.74) is 23.9. The zero-order chi connectivity index (χ0) is 47.8. The van der Waals surface area contributed by atoms with Crippen LogP contribution in [0.25, 0.3) is 76.2 Å². The summed E-state index contributed by atoms with van der Waals surface area (Å²) in [5, 5.41) is 33.7. The van der Waals surface area contributed by atoms with Crippen molar-refractivity contribution in [3.05, 3.63) is 91.0 Å². The Morgan fingerprint density at radius 3 is 1.18 bits per heavy atom.